The van der Waals surface area contributed by atoms with E-state index in [1.165, 1.54) is 35.2 Å². The number of aryl methyl sites for hydroxylation is 2. The summed E-state index contributed by atoms with van der Waals surface area (Å²) in [5.74, 6) is -1.42. The molecule has 0 spiro atoms. The zero-order valence-electron chi connectivity index (χ0n) is 25.5. The van der Waals surface area contributed by atoms with Gasteiger partial charge in [-0.25, -0.2) is 12.8 Å². The third-order valence-corrected chi connectivity index (χ3v) is 9.61. The number of hydrogen-bond donors (Lipinski definition) is 1. The van der Waals surface area contributed by atoms with Crippen LogP contribution in [-0.2, 0) is 32.6 Å². The number of nitrogens with zero attached hydrogens (tertiary/aromatic N) is 2. The Kier molecular flexibility index (Phi) is 11.4. The monoisotopic (exact) mass is 649 g/mol. The minimum atomic E-state index is -4.25. The van der Waals surface area contributed by atoms with Crippen molar-refractivity contribution in [2.45, 2.75) is 51.1 Å². The molecule has 4 aromatic carbocycles. The number of halogens is 2. The Morgan fingerprint density at radius 2 is 1.56 bits per heavy atom. The second kappa shape index (κ2) is 15.2. The van der Waals surface area contributed by atoms with Gasteiger partial charge in [0, 0.05) is 24.5 Å². The first kappa shape index (κ1) is 33.7. The molecule has 0 radical (unpaired) electrons. The molecular weight excluding hydrogens is 613 g/mol. The van der Waals surface area contributed by atoms with Crippen molar-refractivity contribution in [3.63, 3.8) is 0 Å². The molecule has 0 saturated carbocycles. The van der Waals surface area contributed by atoms with E-state index in [9.17, 15) is 22.4 Å². The zero-order valence-corrected chi connectivity index (χ0v) is 27.1. The highest BCUT2D eigenvalue weighted by molar-refractivity contribution is 7.92. The number of anilines is 1. The summed E-state index contributed by atoms with van der Waals surface area (Å²) in [6.07, 6.45) is 0.872. The number of carbonyl (C=O) groups excluding carboxylic acids is 2. The van der Waals surface area contributed by atoms with Gasteiger partial charge >= 0.3 is 0 Å². The summed E-state index contributed by atoms with van der Waals surface area (Å²) in [5.41, 5.74) is 3.23. The summed E-state index contributed by atoms with van der Waals surface area (Å²) in [5, 5.41) is 3.24. The van der Waals surface area contributed by atoms with Crippen LogP contribution in [0, 0.1) is 19.7 Å². The fourth-order valence-electron chi connectivity index (χ4n) is 4.81. The van der Waals surface area contributed by atoms with E-state index < -0.39 is 34.3 Å². The Labute approximate surface area is 269 Å². The smallest absolute Gasteiger partial charge is 0.264 e. The summed E-state index contributed by atoms with van der Waals surface area (Å²) in [6.45, 7) is 5.31. The second-order valence-corrected chi connectivity index (χ2v) is 13.2. The van der Waals surface area contributed by atoms with Crippen molar-refractivity contribution in [1.82, 2.24) is 10.2 Å². The predicted molar refractivity (Wildman–Crippen MR) is 176 cm³/mol. The van der Waals surface area contributed by atoms with Crippen LogP contribution in [0.4, 0.5) is 10.1 Å². The molecule has 0 aliphatic heterocycles. The predicted octanol–water partition coefficient (Wildman–Crippen LogP) is 6.46. The minimum absolute atomic E-state index is 0.00389. The van der Waals surface area contributed by atoms with Crippen molar-refractivity contribution in [2.24, 2.45) is 0 Å². The largest absolute Gasteiger partial charge is 0.354 e. The van der Waals surface area contributed by atoms with E-state index in [1.54, 1.807) is 43.3 Å². The second-order valence-electron chi connectivity index (χ2n) is 10.9. The lowest BCUT2D eigenvalue weighted by atomic mass is 10.0. The Balaban J connectivity index is 1.81. The van der Waals surface area contributed by atoms with Gasteiger partial charge in [-0.05, 0) is 73.4 Å². The standard InChI is InChI=1S/C35H37ClFN3O4S/c1-4-20-38-35(42)33(21-27-8-6-5-7-9-27)39(23-28-13-15-29(37)16-14-28)34(41)24-40(30-17-12-26(3)32(36)22-30)45(43,44)31-18-10-25(2)11-19-31/h5-19,22,33H,4,20-21,23-24H2,1-3H3,(H,38,42). The van der Waals surface area contributed by atoms with E-state index in [4.69, 9.17) is 11.6 Å². The quantitative estimate of drug-likeness (QED) is 0.180. The van der Waals surface area contributed by atoms with Crippen LogP contribution in [0.1, 0.15) is 35.6 Å². The molecule has 4 rings (SSSR count). The summed E-state index contributed by atoms with van der Waals surface area (Å²) in [7, 11) is -4.25. The van der Waals surface area contributed by atoms with Gasteiger partial charge in [-0.3, -0.25) is 13.9 Å². The van der Waals surface area contributed by atoms with Gasteiger partial charge in [0.05, 0.1) is 10.6 Å². The lowest BCUT2D eigenvalue weighted by molar-refractivity contribution is -0.140. The molecule has 10 heteroatoms. The SMILES string of the molecule is CCCNC(=O)C(Cc1ccccc1)N(Cc1ccc(F)cc1)C(=O)CN(c1ccc(C)c(Cl)c1)S(=O)(=O)c1ccc(C)cc1. The number of hydrogen-bond acceptors (Lipinski definition) is 4. The first-order valence-corrected chi connectivity index (χ1v) is 16.5. The van der Waals surface area contributed by atoms with Crippen LogP contribution >= 0.6 is 11.6 Å². The van der Waals surface area contributed by atoms with E-state index >= 15 is 0 Å². The first-order valence-electron chi connectivity index (χ1n) is 14.7. The number of rotatable bonds is 13. The number of carbonyl (C=O) groups is 2. The summed E-state index contributed by atoms with van der Waals surface area (Å²) in [4.78, 5) is 29.5. The van der Waals surface area contributed by atoms with Crippen LogP contribution in [0.3, 0.4) is 0 Å². The highest BCUT2D eigenvalue weighted by atomic mass is 35.5. The third-order valence-electron chi connectivity index (χ3n) is 7.42. The maximum atomic E-state index is 14.4. The summed E-state index contributed by atoms with van der Waals surface area (Å²) >= 11 is 6.42. The normalized spacial score (nSPS) is 11.9. The lowest BCUT2D eigenvalue weighted by Gasteiger charge is -2.34. The summed E-state index contributed by atoms with van der Waals surface area (Å²) in [6, 6.07) is 25.1. The lowest BCUT2D eigenvalue weighted by Crippen LogP contribution is -2.53. The number of amides is 2. The molecule has 1 unspecified atom stereocenters. The maximum absolute atomic E-state index is 14.4. The van der Waals surface area contributed by atoms with Gasteiger partial charge in [-0.1, -0.05) is 84.8 Å². The van der Waals surface area contributed by atoms with Crippen molar-refractivity contribution in [1.29, 1.82) is 0 Å². The van der Waals surface area contributed by atoms with E-state index in [-0.39, 0.29) is 29.5 Å². The van der Waals surface area contributed by atoms with Gasteiger partial charge in [0.15, 0.2) is 0 Å². The van der Waals surface area contributed by atoms with Crippen LogP contribution in [0.25, 0.3) is 0 Å². The molecule has 1 N–H and O–H groups in total. The number of sulfonamides is 1. The summed E-state index contributed by atoms with van der Waals surface area (Å²) < 4.78 is 43.1. The molecule has 2 amide bonds. The Hall–Kier alpha value is -4.21. The topological polar surface area (TPSA) is 86.8 Å². The van der Waals surface area contributed by atoms with E-state index in [0.717, 1.165) is 21.0 Å². The van der Waals surface area contributed by atoms with Crippen LogP contribution in [0.15, 0.2) is 102 Å². The molecule has 0 bridgehead atoms. The Morgan fingerprint density at radius 3 is 2.18 bits per heavy atom. The minimum Gasteiger partial charge on any atom is -0.354 e. The van der Waals surface area contributed by atoms with Gasteiger partial charge in [-0.15, -0.1) is 0 Å². The van der Waals surface area contributed by atoms with E-state index in [2.05, 4.69) is 5.32 Å². The molecule has 7 nitrogen and oxygen atoms in total. The molecule has 0 heterocycles. The molecule has 236 valence electrons. The van der Waals surface area contributed by atoms with Gasteiger partial charge in [0.25, 0.3) is 10.0 Å². The van der Waals surface area contributed by atoms with Crippen LogP contribution in [-0.4, -0.2) is 44.3 Å². The molecular formula is C35H37ClFN3O4S. The fraction of sp³-hybridized carbons (Fsp3) is 0.257. The van der Waals surface area contributed by atoms with Crippen molar-refractivity contribution in [2.75, 3.05) is 17.4 Å². The van der Waals surface area contributed by atoms with Crippen LogP contribution < -0.4 is 9.62 Å². The number of benzene rings is 4. The third kappa shape index (κ3) is 8.71. The molecule has 4 aromatic rings. The average Bonchev–Trinajstić information content (AvgIpc) is 3.03. The molecule has 0 aliphatic rings. The molecule has 0 aromatic heterocycles. The van der Waals surface area contributed by atoms with Crippen molar-refractivity contribution < 1.29 is 22.4 Å². The van der Waals surface area contributed by atoms with E-state index in [1.807, 2.05) is 44.2 Å². The Bertz CT molecular complexity index is 1720. The van der Waals surface area contributed by atoms with Gasteiger partial charge < -0.3 is 10.2 Å². The molecule has 0 aliphatic carbocycles. The van der Waals surface area contributed by atoms with Gasteiger partial charge in [-0.2, -0.15) is 0 Å². The molecule has 45 heavy (non-hydrogen) atoms. The first-order chi connectivity index (χ1) is 21.5. The van der Waals surface area contributed by atoms with Crippen molar-refractivity contribution >= 4 is 39.1 Å². The van der Waals surface area contributed by atoms with E-state index in [0.29, 0.717) is 23.6 Å². The molecule has 1 atom stereocenters. The van der Waals surface area contributed by atoms with Gasteiger partial charge in [0.2, 0.25) is 11.8 Å². The van der Waals surface area contributed by atoms with Crippen LogP contribution in [0.5, 0.6) is 0 Å². The fourth-order valence-corrected chi connectivity index (χ4v) is 6.39. The van der Waals surface area contributed by atoms with Crippen LogP contribution in [0.2, 0.25) is 5.02 Å². The van der Waals surface area contributed by atoms with Gasteiger partial charge in [0.1, 0.15) is 18.4 Å². The highest BCUT2D eigenvalue weighted by Gasteiger charge is 2.34. The molecule has 0 saturated heterocycles. The Morgan fingerprint density at radius 1 is 0.889 bits per heavy atom. The highest BCUT2D eigenvalue weighted by Crippen LogP contribution is 2.29. The zero-order chi connectivity index (χ0) is 32.6. The number of nitrogens with one attached hydrogen (secondary N) is 1. The van der Waals surface area contributed by atoms with Crippen molar-refractivity contribution in [3.05, 3.63) is 130 Å². The van der Waals surface area contributed by atoms with Crippen molar-refractivity contribution in [3.8, 4) is 0 Å². The maximum Gasteiger partial charge on any atom is 0.264 e. The molecule has 0 fully saturated rings. The average molecular weight is 650 g/mol.